The molecule has 1 rings (SSSR count). The Labute approximate surface area is 118 Å². The average molecular weight is 265 g/mol. The molecule has 0 aliphatic rings. The monoisotopic (exact) mass is 265 g/mol. The van der Waals surface area contributed by atoms with Crippen molar-refractivity contribution in [2.24, 2.45) is 0 Å². The number of rotatable bonds is 8. The zero-order valence-electron chi connectivity index (χ0n) is 13.4. The molecule has 0 aliphatic carbocycles. The standard InChI is InChI=1S/C16H31N3/c1-6-7-8-9-10-11-19-14(2)17-12-15(19)13-18-16(3,4)5/h12,18H,6-11,13H2,1-5H3. The third kappa shape index (κ3) is 6.24. The minimum absolute atomic E-state index is 0.157. The molecule has 0 fully saturated rings. The van der Waals surface area contributed by atoms with Crippen LogP contribution in [0, 0.1) is 6.92 Å². The van der Waals surface area contributed by atoms with Gasteiger partial charge in [0.15, 0.2) is 0 Å². The van der Waals surface area contributed by atoms with E-state index in [1.165, 1.54) is 37.8 Å². The Morgan fingerprint density at radius 2 is 1.84 bits per heavy atom. The zero-order chi connectivity index (χ0) is 14.3. The fraction of sp³-hybridized carbons (Fsp3) is 0.812. The number of nitrogens with zero attached hydrogens (tertiary/aromatic N) is 2. The third-order valence-electron chi connectivity index (χ3n) is 3.42. The van der Waals surface area contributed by atoms with Crippen LogP contribution >= 0.6 is 0 Å². The van der Waals surface area contributed by atoms with Crippen LogP contribution in [-0.4, -0.2) is 15.1 Å². The highest BCUT2D eigenvalue weighted by Crippen LogP contribution is 2.11. The molecule has 0 aromatic carbocycles. The predicted molar refractivity (Wildman–Crippen MR) is 82.3 cm³/mol. The number of imidazole rings is 1. The highest BCUT2D eigenvalue weighted by molar-refractivity contribution is 5.04. The van der Waals surface area contributed by atoms with E-state index in [0.29, 0.717) is 0 Å². The summed E-state index contributed by atoms with van der Waals surface area (Å²) < 4.78 is 2.37. The molecule has 0 unspecified atom stereocenters. The fourth-order valence-corrected chi connectivity index (χ4v) is 2.19. The molecule has 110 valence electrons. The van der Waals surface area contributed by atoms with E-state index in [1.807, 2.05) is 6.20 Å². The lowest BCUT2D eigenvalue weighted by molar-refractivity contribution is 0.413. The van der Waals surface area contributed by atoms with E-state index in [-0.39, 0.29) is 5.54 Å². The lowest BCUT2D eigenvalue weighted by atomic mass is 10.1. The van der Waals surface area contributed by atoms with Gasteiger partial charge < -0.3 is 9.88 Å². The van der Waals surface area contributed by atoms with E-state index in [4.69, 9.17) is 0 Å². The smallest absolute Gasteiger partial charge is 0.105 e. The highest BCUT2D eigenvalue weighted by Gasteiger charge is 2.11. The van der Waals surface area contributed by atoms with Crippen molar-refractivity contribution in [3.05, 3.63) is 17.7 Å². The SMILES string of the molecule is CCCCCCCn1c(CNC(C)(C)C)cnc1C. The molecule has 1 heterocycles. The molecule has 0 radical (unpaired) electrons. The summed E-state index contributed by atoms with van der Waals surface area (Å²) in [6.07, 6.45) is 8.64. The number of hydrogen-bond acceptors (Lipinski definition) is 2. The molecule has 3 heteroatoms. The maximum absolute atomic E-state index is 4.46. The van der Waals surface area contributed by atoms with E-state index in [1.54, 1.807) is 0 Å². The Morgan fingerprint density at radius 1 is 1.16 bits per heavy atom. The first-order valence-electron chi connectivity index (χ1n) is 7.70. The van der Waals surface area contributed by atoms with Crippen LogP contribution in [0.15, 0.2) is 6.20 Å². The minimum Gasteiger partial charge on any atom is -0.331 e. The summed E-state index contributed by atoms with van der Waals surface area (Å²) in [5.41, 5.74) is 1.47. The molecule has 0 atom stereocenters. The second-order valence-corrected chi connectivity index (χ2v) is 6.47. The van der Waals surface area contributed by atoms with Crippen molar-refractivity contribution in [2.75, 3.05) is 0 Å². The van der Waals surface area contributed by atoms with Crippen molar-refractivity contribution in [3.8, 4) is 0 Å². The second kappa shape index (κ2) is 7.68. The Hall–Kier alpha value is -0.830. The van der Waals surface area contributed by atoms with Crippen molar-refractivity contribution in [3.63, 3.8) is 0 Å². The van der Waals surface area contributed by atoms with Crippen LogP contribution in [0.2, 0.25) is 0 Å². The van der Waals surface area contributed by atoms with Crippen molar-refractivity contribution in [1.29, 1.82) is 0 Å². The first-order chi connectivity index (χ1) is 8.94. The summed E-state index contributed by atoms with van der Waals surface area (Å²) in [6, 6.07) is 0. The highest BCUT2D eigenvalue weighted by atomic mass is 15.1. The van der Waals surface area contributed by atoms with Crippen LogP contribution in [0.4, 0.5) is 0 Å². The van der Waals surface area contributed by atoms with Crippen LogP contribution < -0.4 is 5.32 Å². The molecule has 3 nitrogen and oxygen atoms in total. The predicted octanol–water partition coefficient (Wildman–Crippen LogP) is 4.05. The lowest BCUT2D eigenvalue weighted by Crippen LogP contribution is -2.35. The summed E-state index contributed by atoms with van der Waals surface area (Å²) in [5, 5.41) is 3.54. The van der Waals surface area contributed by atoms with Crippen molar-refractivity contribution < 1.29 is 0 Å². The van der Waals surface area contributed by atoms with Crippen LogP contribution in [0.1, 0.15) is 71.3 Å². The molecule has 0 aliphatic heterocycles. The van der Waals surface area contributed by atoms with Gasteiger partial charge in [0.1, 0.15) is 5.82 Å². The van der Waals surface area contributed by atoms with Gasteiger partial charge in [0.25, 0.3) is 0 Å². The number of hydrogen-bond donors (Lipinski definition) is 1. The van der Waals surface area contributed by atoms with Gasteiger partial charge in [-0.1, -0.05) is 32.6 Å². The maximum atomic E-state index is 4.46. The van der Waals surface area contributed by atoms with Gasteiger partial charge in [0, 0.05) is 24.8 Å². The molecule has 0 amide bonds. The quantitative estimate of drug-likeness (QED) is 0.719. The molecule has 0 saturated heterocycles. The Morgan fingerprint density at radius 3 is 2.47 bits per heavy atom. The van der Waals surface area contributed by atoms with E-state index in [2.05, 4.69) is 49.5 Å². The van der Waals surface area contributed by atoms with Gasteiger partial charge in [-0.25, -0.2) is 4.98 Å². The van der Waals surface area contributed by atoms with Crippen LogP contribution in [0.5, 0.6) is 0 Å². The summed E-state index contributed by atoms with van der Waals surface area (Å²) in [4.78, 5) is 4.46. The molecule has 0 bridgehead atoms. The van der Waals surface area contributed by atoms with Gasteiger partial charge >= 0.3 is 0 Å². The minimum atomic E-state index is 0.157. The van der Waals surface area contributed by atoms with Crippen molar-refractivity contribution in [1.82, 2.24) is 14.9 Å². The second-order valence-electron chi connectivity index (χ2n) is 6.47. The Kier molecular flexibility index (Phi) is 6.56. The summed E-state index contributed by atoms with van der Waals surface area (Å²) in [7, 11) is 0. The summed E-state index contributed by atoms with van der Waals surface area (Å²) >= 11 is 0. The largest absolute Gasteiger partial charge is 0.331 e. The molecular formula is C16H31N3. The van der Waals surface area contributed by atoms with Crippen LogP contribution in [-0.2, 0) is 13.1 Å². The normalized spacial score (nSPS) is 12.1. The lowest BCUT2D eigenvalue weighted by Gasteiger charge is -2.21. The molecule has 0 spiro atoms. The van der Waals surface area contributed by atoms with Gasteiger partial charge in [-0.15, -0.1) is 0 Å². The Balaban J connectivity index is 2.45. The number of aromatic nitrogens is 2. The van der Waals surface area contributed by atoms with E-state index < -0.39 is 0 Å². The molecular weight excluding hydrogens is 234 g/mol. The molecule has 1 N–H and O–H groups in total. The van der Waals surface area contributed by atoms with Gasteiger partial charge in [0.05, 0.1) is 5.69 Å². The third-order valence-corrected chi connectivity index (χ3v) is 3.42. The van der Waals surface area contributed by atoms with Crippen molar-refractivity contribution in [2.45, 2.75) is 85.4 Å². The first-order valence-corrected chi connectivity index (χ1v) is 7.70. The van der Waals surface area contributed by atoms with Gasteiger partial charge in [-0.3, -0.25) is 0 Å². The van der Waals surface area contributed by atoms with Gasteiger partial charge in [-0.05, 0) is 34.1 Å². The fourth-order valence-electron chi connectivity index (χ4n) is 2.19. The first kappa shape index (κ1) is 16.2. The Bertz CT molecular complexity index is 361. The number of aryl methyl sites for hydroxylation is 1. The van der Waals surface area contributed by atoms with Crippen LogP contribution in [0.3, 0.4) is 0 Å². The molecule has 19 heavy (non-hydrogen) atoms. The van der Waals surface area contributed by atoms with Gasteiger partial charge in [-0.2, -0.15) is 0 Å². The zero-order valence-corrected chi connectivity index (χ0v) is 13.4. The topological polar surface area (TPSA) is 29.9 Å². The molecule has 0 saturated carbocycles. The van der Waals surface area contributed by atoms with E-state index in [0.717, 1.165) is 18.9 Å². The van der Waals surface area contributed by atoms with E-state index in [9.17, 15) is 0 Å². The average Bonchev–Trinajstić information content (AvgIpc) is 2.67. The summed E-state index contributed by atoms with van der Waals surface area (Å²) in [5.74, 6) is 1.14. The molecule has 1 aromatic heterocycles. The van der Waals surface area contributed by atoms with E-state index >= 15 is 0 Å². The van der Waals surface area contributed by atoms with Crippen LogP contribution in [0.25, 0.3) is 0 Å². The van der Waals surface area contributed by atoms with Crippen molar-refractivity contribution >= 4 is 0 Å². The number of unbranched alkanes of at least 4 members (excludes halogenated alkanes) is 4. The number of nitrogens with one attached hydrogen (secondary N) is 1. The van der Waals surface area contributed by atoms with Gasteiger partial charge in [0.2, 0.25) is 0 Å². The summed E-state index contributed by atoms with van der Waals surface area (Å²) in [6.45, 7) is 13.0. The molecule has 1 aromatic rings. The maximum Gasteiger partial charge on any atom is 0.105 e.